The van der Waals surface area contributed by atoms with E-state index < -0.39 is 6.04 Å². The average molecular weight is 437 g/mol. The highest BCUT2D eigenvalue weighted by Crippen LogP contribution is 2.26. The Labute approximate surface area is 181 Å². The molecule has 7 heteroatoms. The van der Waals surface area contributed by atoms with Crippen molar-refractivity contribution >= 4 is 35.0 Å². The van der Waals surface area contributed by atoms with Gasteiger partial charge >= 0.3 is 0 Å². The number of hydrogen-bond donors (Lipinski definition) is 1. The molecule has 0 aliphatic rings. The fourth-order valence-electron chi connectivity index (χ4n) is 2.90. The van der Waals surface area contributed by atoms with Crippen LogP contribution in [0.25, 0.3) is 0 Å². The van der Waals surface area contributed by atoms with E-state index >= 15 is 0 Å². The van der Waals surface area contributed by atoms with E-state index in [1.807, 2.05) is 31.2 Å². The summed E-state index contributed by atoms with van der Waals surface area (Å²) in [5, 5.41) is 3.71. The van der Waals surface area contributed by atoms with E-state index in [1.165, 1.54) is 0 Å². The van der Waals surface area contributed by atoms with Gasteiger partial charge in [0.1, 0.15) is 11.8 Å². The molecule has 0 radical (unpaired) electrons. The van der Waals surface area contributed by atoms with Crippen LogP contribution in [-0.2, 0) is 22.6 Å². The standard InChI is InChI=1S/C22H26Cl2N2O3/c1-4-11-25-22(28)15(2)26(14-16-7-5-8-17(12-16)29-3)21(27)13-18-19(23)9-6-10-20(18)24/h5-10,12,15H,4,11,13-14H2,1-3H3,(H,25,28)/t15-/m0/s1. The van der Waals surface area contributed by atoms with Crippen LogP contribution >= 0.6 is 23.2 Å². The summed E-state index contributed by atoms with van der Waals surface area (Å²) in [5.41, 5.74) is 1.41. The minimum atomic E-state index is -0.651. The number of benzene rings is 2. The molecule has 5 nitrogen and oxygen atoms in total. The van der Waals surface area contributed by atoms with Gasteiger partial charge in [-0.25, -0.2) is 0 Å². The van der Waals surface area contributed by atoms with Gasteiger partial charge in [-0.1, -0.05) is 48.3 Å². The lowest BCUT2D eigenvalue weighted by Crippen LogP contribution is -2.48. The van der Waals surface area contributed by atoms with Crippen molar-refractivity contribution in [3.05, 3.63) is 63.6 Å². The number of halogens is 2. The summed E-state index contributed by atoms with van der Waals surface area (Å²) < 4.78 is 5.27. The number of nitrogens with one attached hydrogen (secondary N) is 1. The second-order valence-electron chi connectivity index (χ2n) is 6.72. The Balaban J connectivity index is 2.29. The molecule has 2 amide bonds. The van der Waals surface area contributed by atoms with Crippen LogP contribution < -0.4 is 10.1 Å². The summed E-state index contributed by atoms with van der Waals surface area (Å²) >= 11 is 12.5. The van der Waals surface area contributed by atoms with Gasteiger partial charge in [0.2, 0.25) is 11.8 Å². The molecule has 0 fully saturated rings. The van der Waals surface area contributed by atoms with Crippen molar-refractivity contribution in [2.45, 2.75) is 39.3 Å². The van der Waals surface area contributed by atoms with Crippen LogP contribution in [0.4, 0.5) is 0 Å². The molecule has 1 atom stereocenters. The third kappa shape index (κ3) is 6.38. The molecule has 2 rings (SSSR count). The van der Waals surface area contributed by atoms with Crippen molar-refractivity contribution in [1.29, 1.82) is 0 Å². The molecule has 156 valence electrons. The van der Waals surface area contributed by atoms with Crippen LogP contribution in [0.5, 0.6) is 5.75 Å². The first-order valence-electron chi connectivity index (χ1n) is 9.50. The number of amides is 2. The molecule has 29 heavy (non-hydrogen) atoms. The highest BCUT2D eigenvalue weighted by molar-refractivity contribution is 6.36. The highest BCUT2D eigenvalue weighted by Gasteiger charge is 2.27. The third-order valence-electron chi connectivity index (χ3n) is 4.59. The van der Waals surface area contributed by atoms with E-state index in [1.54, 1.807) is 37.1 Å². The maximum Gasteiger partial charge on any atom is 0.242 e. The van der Waals surface area contributed by atoms with Gasteiger partial charge in [0.05, 0.1) is 13.5 Å². The van der Waals surface area contributed by atoms with Gasteiger partial charge in [0.25, 0.3) is 0 Å². The smallest absolute Gasteiger partial charge is 0.242 e. The lowest BCUT2D eigenvalue weighted by Gasteiger charge is -2.29. The summed E-state index contributed by atoms with van der Waals surface area (Å²) in [6, 6.07) is 11.9. The van der Waals surface area contributed by atoms with E-state index in [2.05, 4.69) is 5.32 Å². The predicted octanol–water partition coefficient (Wildman–Crippen LogP) is 4.49. The molecule has 2 aromatic carbocycles. The zero-order chi connectivity index (χ0) is 21.4. The van der Waals surface area contributed by atoms with Crippen molar-refractivity contribution in [3.63, 3.8) is 0 Å². The molecular formula is C22H26Cl2N2O3. The minimum absolute atomic E-state index is 0.00781. The summed E-state index contributed by atoms with van der Waals surface area (Å²) in [6.45, 7) is 4.51. The van der Waals surface area contributed by atoms with Crippen LogP contribution in [0.1, 0.15) is 31.4 Å². The monoisotopic (exact) mass is 436 g/mol. The fraction of sp³-hybridized carbons (Fsp3) is 0.364. The Bertz CT molecular complexity index is 837. The zero-order valence-electron chi connectivity index (χ0n) is 16.9. The van der Waals surface area contributed by atoms with E-state index in [-0.39, 0.29) is 24.8 Å². The average Bonchev–Trinajstić information content (AvgIpc) is 2.72. The van der Waals surface area contributed by atoms with Crippen molar-refractivity contribution in [3.8, 4) is 5.75 Å². The van der Waals surface area contributed by atoms with Crippen molar-refractivity contribution in [1.82, 2.24) is 10.2 Å². The van der Waals surface area contributed by atoms with E-state index in [9.17, 15) is 9.59 Å². The Kier molecular flexibility index (Phi) is 8.80. The number of rotatable bonds is 9. The quantitative estimate of drug-likeness (QED) is 0.629. The van der Waals surface area contributed by atoms with Gasteiger partial charge in [0, 0.05) is 23.1 Å². The highest BCUT2D eigenvalue weighted by atomic mass is 35.5. The molecule has 0 aliphatic heterocycles. The van der Waals surface area contributed by atoms with E-state index in [0.29, 0.717) is 27.9 Å². The van der Waals surface area contributed by atoms with Crippen LogP contribution in [-0.4, -0.2) is 36.4 Å². The molecule has 0 unspecified atom stereocenters. The number of nitrogens with zero attached hydrogens (tertiary/aromatic N) is 1. The molecule has 0 saturated heterocycles. The van der Waals surface area contributed by atoms with Gasteiger partial charge in [-0.3, -0.25) is 9.59 Å². The zero-order valence-corrected chi connectivity index (χ0v) is 18.4. The molecule has 0 heterocycles. The summed E-state index contributed by atoms with van der Waals surface area (Å²) in [6.07, 6.45) is 0.825. The van der Waals surface area contributed by atoms with Gasteiger partial charge in [0.15, 0.2) is 0 Å². The minimum Gasteiger partial charge on any atom is -0.497 e. The first kappa shape index (κ1) is 23.0. The molecule has 0 aromatic heterocycles. The molecule has 1 N–H and O–H groups in total. The lowest BCUT2D eigenvalue weighted by molar-refractivity contribution is -0.140. The van der Waals surface area contributed by atoms with Gasteiger partial charge in [-0.05, 0) is 48.7 Å². The summed E-state index contributed by atoms with van der Waals surface area (Å²) in [4.78, 5) is 27.3. The molecule has 0 aliphatic carbocycles. The number of hydrogen-bond acceptors (Lipinski definition) is 3. The Morgan fingerprint density at radius 2 is 1.79 bits per heavy atom. The van der Waals surface area contributed by atoms with Crippen LogP contribution in [0.15, 0.2) is 42.5 Å². The van der Waals surface area contributed by atoms with Gasteiger partial charge < -0.3 is 15.0 Å². The Morgan fingerprint density at radius 1 is 1.14 bits per heavy atom. The van der Waals surface area contributed by atoms with Crippen LogP contribution in [0.3, 0.4) is 0 Å². The van der Waals surface area contributed by atoms with Crippen molar-refractivity contribution in [2.75, 3.05) is 13.7 Å². The van der Waals surface area contributed by atoms with E-state index in [4.69, 9.17) is 27.9 Å². The maximum absolute atomic E-state index is 13.2. The molecular weight excluding hydrogens is 411 g/mol. The summed E-state index contributed by atoms with van der Waals surface area (Å²) in [7, 11) is 1.59. The third-order valence-corrected chi connectivity index (χ3v) is 5.30. The lowest BCUT2D eigenvalue weighted by atomic mass is 10.1. The Morgan fingerprint density at radius 3 is 2.41 bits per heavy atom. The number of ether oxygens (including phenoxy) is 1. The predicted molar refractivity (Wildman–Crippen MR) is 116 cm³/mol. The number of methoxy groups -OCH3 is 1. The second kappa shape index (κ2) is 11.1. The molecule has 0 bridgehead atoms. The first-order chi connectivity index (χ1) is 13.9. The SMILES string of the molecule is CCCNC(=O)[C@H](C)N(Cc1cccc(OC)c1)C(=O)Cc1c(Cl)cccc1Cl. The summed E-state index contributed by atoms with van der Waals surface area (Å²) in [5.74, 6) is 0.252. The number of carbonyl (C=O) groups is 2. The Hall–Kier alpha value is -2.24. The fourth-order valence-corrected chi connectivity index (χ4v) is 3.43. The molecule has 0 spiro atoms. The van der Waals surface area contributed by atoms with Crippen molar-refractivity contribution in [2.24, 2.45) is 0 Å². The van der Waals surface area contributed by atoms with E-state index in [0.717, 1.165) is 12.0 Å². The largest absolute Gasteiger partial charge is 0.497 e. The normalized spacial score (nSPS) is 11.6. The van der Waals surface area contributed by atoms with Crippen molar-refractivity contribution < 1.29 is 14.3 Å². The number of carbonyl (C=O) groups excluding carboxylic acids is 2. The van der Waals surface area contributed by atoms with Gasteiger partial charge in [-0.2, -0.15) is 0 Å². The molecule has 0 saturated carbocycles. The molecule has 2 aromatic rings. The maximum atomic E-state index is 13.2. The van der Waals surface area contributed by atoms with Gasteiger partial charge in [-0.15, -0.1) is 0 Å². The van der Waals surface area contributed by atoms with Crippen LogP contribution in [0.2, 0.25) is 10.0 Å². The second-order valence-corrected chi connectivity index (χ2v) is 7.53. The van der Waals surface area contributed by atoms with Crippen LogP contribution in [0, 0.1) is 0 Å². The first-order valence-corrected chi connectivity index (χ1v) is 10.3. The topological polar surface area (TPSA) is 58.6 Å².